The molecule has 0 unspecified atom stereocenters. The van der Waals surface area contributed by atoms with Gasteiger partial charge in [0.2, 0.25) is 0 Å². The third-order valence-electron chi connectivity index (χ3n) is 4.75. The van der Waals surface area contributed by atoms with Crippen molar-refractivity contribution < 1.29 is 10.0 Å². The fourth-order valence-electron chi connectivity index (χ4n) is 3.96. The average molecular weight is 212 g/mol. The zero-order valence-electron chi connectivity index (χ0n) is 8.41. The van der Waals surface area contributed by atoms with Crippen molar-refractivity contribution >= 4 is 18.9 Å². The van der Waals surface area contributed by atoms with Crippen LogP contribution in [0.15, 0.2) is 0 Å². The minimum absolute atomic E-state index is 0.0649. The van der Waals surface area contributed by atoms with Gasteiger partial charge in [-0.15, -0.1) is 0 Å². The SMILES string of the molecule is OB(O)C12CC(C3CCSCC3)(C1)C2. The summed E-state index contributed by atoms with van der Waals surface area (Å²) in [6, 6.07) is 0. The van der Waals surface area contributed by atoms with E-state index in [1.165, 1.54) is 24.3 Å². The average Bonchev–Trinajstić information content (AvgIpc) is 2.00. The Kier molecular flexibility index (Phi) is 2.00. The van der Waals surface area contributed by atoms with Crippen molar-refractivity contribution in [3.8, 4) is 0 Å². The van der Waals surface area contributed by atoms with Crippen LogP contribution in [0, 0.1) is 11.3 Å². The highest BCUT2D eigenvalue weighted by molar-refractivity contribution is 7.99. The van der Waals surface area contributed by atoms with Crippen molar-refractivity contribution in [1.29, 1.82) is 0 Å². The lowest BCUT2D eigenvalue weighted by Crippen LogP contribution is -2.66. The molecule has 2 N–H and O–H groups in total. The van der Waals surface area contributed by atoms with Gasteiger partial charge in [0.05, 0.1) is 0 Å². The zero-order chi connectivity index (χ0) is 9.81. The van der Waals surface area contributed by atoms with Crippen molar-refractivity contribution in [1.82, 2.24) is 0 Å². The number of rotatable bonds is 2. The normalized spacial score (nSPS) is 46.7. The number of hydrogen-bond acceptors (Lipinski definition) is 3. The van der Waals surface area contributed by atoms with E-state index in [9.17, 15) is 10.0 Å². The van der Waals surface area contributed by atoms with Crippen LogP contribution in [-0.4, -0.2) is 28.7 Å². The van der Waals surface area contributed by atoms with E-state index in [1.807, 2.05) is 0 Å². The summed E-state index contributed by atoms with van der Waals surface area (Å²) < 4.78 is 0. The molecule has 4 rings (SSSR count). The van der Waals surface area contributed by atoms with Crippen LogP contribution in [0.1, 0.15) is 32.1 Å². The molecule has 0 amide bonds. The van der Waals surface area contributed by atoms with Gasteiger partial charge in [0.25, 0.3) is 0 Å². The minimum Gasteiger partial charge on any atom is -0.427 e. The van der Waals surface area contributed by atoms with Gasteiger partial charge in [-0.05, 0) is 54.9 Å². The summed E-state index contributed by atoms with van der Waals surface area (Å²) in [6.45, 7) is 0. The highest BCUT2D eigenvalue weighted by atomic mass is 32.2. The molecule has 78 valence electrons. The smallest absolute Gasteiger partial charge is 0.427 e. The quantitative estimate of drug-likeness (QED) is 0.682. The predicted octanol–water partition coefficient (Wildman–Crippen LogP) is 1.53. The van der Waals surface area contributed by atoms with Crippen LogP contribution >= 0.6 is 11.8 Å². The lowest BCUT2D eigenvalue weighted by Gasteiger charge is -2.73. The van der Waals surface area contributed by atoms with Crippen molar-refractivity contribution in [2.45, 2.75) is 37.4 Å². The van der Waals surface area contributed by atoms with Gasteiger partial charge in [-0.1, -0.05) is 0 Å². The fraction of sp³-hybridized carbons (Fsp3) is 1.00. The van der Waals surface area contributed by atoms with E-state index in [2.05, 4.69) is 11.8 Å². The molecule has 1 saturated heterocycles. The van der Waals surface area contributed by atoms with E-state index >= 15 is 0 Å². The molecule has 0 aromatic rings. The maximum atomic E-state index is 9.23. The molecule has 2 nitrogen and oxygen atoms in total. The summed E-state index contributed by atoms with van der Waals surface area (Å²) in [7, 11) is -1.05. The van der Waals surface area contributed by atoms with E-state index in [0.717, 1.165) is 25.2 Å². The predicted molar refractivity (Wildman–Crippen MR) is 59.2 cm³/mol. The fourth-order valence-corrected chi connectivity index (χ4v) is 5.07. The van der Waals surface area contributed by atoms with Gasteiger partial charge in [-0.2, -0.15) is 11.8 Å². The molecule has 14 heavy (non-hydrogen) atoms. The minimum atomic E-state index is -1.05. The molecule has 3 saturated carbocycles. The lowest BCUT2D eigenvalue weighted by molar-refractivity contribution is -0.153. The van der Waals surface area contributed by atoms with E-state index < -0.39 is 7.12 Å². The van der Waals surface area contributed by atoms with Crippen LogP contribution in [0.25, 0.3) is 0 Å². The third-order valence-corrected chi connectivity index (χ3v) is 5.80. The van der Waals surface area contributed by atoms with Crippen molar-refractivity contribution in [3.63, 3.8) is 0 Å². The van der Waals surface area contributed by atoms with Crippen LogP contribution in [0.5, 0.6) is 0 Å². The van der Waals surface area contributed by atoms with Crippen LogP contribution in [0.3, 0.4) is 0 Å². The lowest BCUT2D eigenvalue weighted by atomic mass is 9.22. The largest absolute Gasteiger partial charge is 0.458 e. The Morgan fingerprint density at radius 2 is 1.64 bits per heavy atom. The molecule has 0 spiro atoms. The molecule has 4 heteroatoms. The molecular formula is C10H17BO2S. The topological polar surface area (TPSA) is 40.5 Å². The first kappa shape index (κ1) is 9.55. The van der Waals surface area contributed by atoms with Crippen LogP contribution < -0.4 is 0 Å². The van der Waals surface area contributed by atoms with Crippen molar-refractivity contribution in [2.24, 2.45) is 11.3 Å². The molecule has 0 aromatic heterocycles. The first-order valence-corrected chi connectivity index (χ1v) is 6.76. The summed E-state index contributed by atoms with van der Waals surface area (Å²) in [5.41, 5.74) is 0.546. The summed E-state index contributed by atoms with van der Waals surface area (Å²) in [5, 5.41) is 18.4. The van der Waals surface area contributed by atoms with Crippen molar-refractivity contribution in [2.75, 3.05) is 11.5 Å². The van der Waals surface area contributed by atoms with E-state index in [0.29, 0.717) is 5.41 Å². The molecular weight excluding hydrogens is 195 g/mol. The van der Waals surface area contributed by atoms with Gasteiger partial charge < -0.3 is 10.0 Å². The second-order valence-electron chi connectivity index (χ2n) is 5.52. The Bertz CT molecular complexity index is 231. The highest BCUT2D eigenvalue weighted by Crippen LogP contribution is 2.82. The molecule has 3 aliphatic carbocycles. The molecule has 2 bridgehead atoms. The van der Waals surface area contributed by atoms with E-state index in [1.54, 1.807) is 0 Å². The first-order chi connectivity index (χ1) is 6.67. The second kappa shape index (κ2) is 2.93. The Hall–Kier alpha value is 0.335. The molecule has 4 fully saturated rings. The first-order valence-electron chi connectivity index (χ1n) is 5.61. The van der Waals surface area contributed by atoms with Crippen LogP contribution in [0.2, 0.25) is 5.31 Å². The molecule has 4 aliphatic rings. The van der Waals surface area contributed by atoms with Crippen LogP contribution in [-0.2, 0) is 0 Å². The van der Waals surface area contributed by atoms with E-state index in [4.69, 9.17) is 0 Å². The molecule has 0 atom stereocenters. The van der Waals surface area contributed by atoms with Gasteiger partial charge in [0.15, 0.2) is 0 Å². The third kappa shape index (κ3) is 1.08. The monoisotopic (exact) mass is 212 g/mol. The summed E-state index contributed by atoms with van der Waals surface area (Å²) in [4.78, 5) is 0. The Labute approximate surface area is 89.6 Å². The molecule has 0 aromatic carbocycles. The molecule has 0 radical (unpaired) electrons. The zero-order valence-corrected chi connectivity index (χ0v) is 9.22. The number of hydrogen-bond donors (Lipinski definition) is 2. The standard InChI is InChI=1S/C10H17BO2S/c12-11(13)10-5-9(6-10,7-10)8-1-3-14-4-2-8/h8,12-13H,1-7H2. The maximum Gasteiger partial charge on any atom is 0.458 e. The van der Waals surface area contributed by atoms with E-state index in [-0.39, 0.29) is 5.31 Å². The Morgan fingerprint density at radius 1 is 1.07 bits per heavy atom. The van der Waals surface area contributed by atoms with Gasteiger partial charge in [0, 0.05) is 5.31 Å². The second-order valence-corrected chi connectivity index (χ2v) is 6.74. The highest BCUT2D eigenvalue weighted by Gasteiger charge is 2.73. The summed E-state index contributed by atoms with van der Waals surface area (Å²) in [5.74, 6) is 3.53. The van der Waals surface area contributed by atoms with Gasteiger partial charge in [-0.3, -0.25) is 0 Å². The van der Waals surface area contributed by atoms with Gasteiger partial charge >= 0.3 is 7.12 Å². The summed E-state index contributed by atoms with van der Waals surface area (Å²) in [6.07, 6.45) is 6.00. The Morgan fingerprint density at radius 3 is 2.14 bits per heavy atom. The summed E-state index contributed by atoms with van der Waals surface area (Å²) >= 11 is 2.07. The van der Waals surface area contributed by atoms with Gasteiger partial charge in [-0.25, -0.2) is 0 Å². The number of thioether (sulfide) groups is 1. The molecule has 1 aliphatic heterocycles. The van der Waals surface area contributed by atoms with Gasteiger partial charge in [0.1, 0.15) is 0 Å². The van der Waals surface area contributed by atoms with Crippen LogP contribution in [0.4, 0.5) is 0 Å². The Balaban J connectivity index is 1.63. The van der Waals surface area contributed by atoms with Crippen molar-refractivity contribution in [3.05, 3.63) is 0 Å². The maximum absolute atomic E-state index is 9.23. The molecule has 1 heterocycles.